The lowest BCUT2D eigenvalue weighted by Gasteiger charge is -2.16. The zero-order chi connectivity index (χ0) is 24.0. The maximum atomic E-state index is 13.5. The Morgan fingerprint density at radius 1 is 1.03 bits per heavy atom. The van der Waals surface area contributed by atoms with Crippen LogP contribution in [-0.4, -0.2) is 31.2 Å². The first-order valence-electron chi connectivity index (χ1n) is 9.50. The monoisotopic (exact) mass is 499 g/mol. The standard InChI is InChI=1S/C22H18Cl2F3N3O3/c1-32-9-10-33-18-6-5-13(11-15(18)22(25,26)27)29-19-12-14(7-8-28-19)30-21(31)20-16(23)3-2-4-17(20)24/h2-8,11-12H,9-10H2,1H3,(H2,28,29,30,31). The van der Waals surface area contributed by atoms with Gasteiger partial charge in [0.05, 0.1) is 27.8 Å². The van der Waals surface area contributed by atoms with Gasteiger partial charge in [0, 0.05) is 30.7 Å². The third-order valence-electron chi connectivity index (χ3n) is 4.31. The van der Waals surface area contributed by atoms with Gasteiger partial charge < -0.3 is 20.1 Å². The van der Waals surface area contributed by atoms with Crippen molar-refractivity contribution in [3.05, 3.63) is 75.9 Å². The molecule has 3 aromatic rings. The lowest BCUT2D eigenvalue weighted by Crippen LogP contribution is -2.13. The predicted molar refractivity (Wildman–Crippen MR) is 121 cm³/mol. The number of nitrogens with one attached hydrogen (secondary N) is 2. The average Bonchev–Trinajstić information content (AvgIpc) is 2.74. The number of aromatic nitrogens is 1. The van der Waals surface area contributed by atoms with Gasteiger partial charge in [-0.25, -0.2) is 4.98 Å². The van der Waals surface area contributed by atoms with E-state index in [1.165, 1.54) is 49.7 Å². The second-order valence-corrected chi connectivity index (χ2v) is 7.47. The number of pyridine rings is 1. The molecular formula is C22H18Cl2F3N3O3. The lowest BCUT2D eigenvalue weighted by molar-refractivity contribution is -0.139. The fraction of sp³-hybridized carbons (Fsp3) is 0.182. The van der Waals surface area contributed by atoms with E-state index in [2.05, 4.69) is 15.6 Å². The Bertz CT molecular complexity index is 1120. The van der Waals surface area contributed by atoms with E-state index in [9.17, 15) is 18.0 Å². The van der Waals surface area contributed by atoms with Gasteiger partial charge in [0.2, 0.25) is 0 Å². The molecule has 0 atom stereocenters. The van der Waals surface area contributed by atoms with Crippen LogP contribution in [0.1, 0.15) is 15.9 Å². The van der Waals surface area contributed by atoms with Gasteiger partial charge in [-0.2, -0.15) is 13.2 Å². The fourth-order valence-electron chi connectivity index (χ4n) is 2.82. The van der Waals surface area contributed by atoms with Crippen molar-refractivity contribution in [1.82, 2.24) is 4.98 Å². The number of benzene rings is 2. The molecule has 3 rings (SSSR count). The summed E-state index contributed by atoms with van der Waals surface area (Å²) < 4.78 is 50.4. The molecule has 1 heterocycles. The molecule has 33 heavy (non-hydrogen) atoms. The first-order valence-corrected chi connectivity index (χ1v) is 10.3. The van der Waals surface area contributed by atoms with Gasteiger partial charge in [-0.05, 0) is 36.4 Å². The van der Waals surface area contributed by atoms with Crippen molar-refractivity contribution >= 4 is 46.3 Å². The van der Waals surface area contributed by atoms with Gasteiger partial charge in [-0.15, -0.1) is 0 Å². The molecule has 0 radical (unpaired) electrons. The van der Waals surface area contributed by atoms with Crippen molar-refractivity contribution in [2.24, 2.45) is 0 Å². The summed E-state index contributed by atoms with van der Waals surface area (Å²) >= 11 is 12.1. The van der Waals surface area contributed by atoms with Crippen LogP contribution in [0.3, 0.4) is 0 Å². The molecule has 1 amide bonds. The summed E-state index contributed by atoms with van der Waals surface area (Å²) in [5.74, 6) is -0.644. The van der Waals surface area contributed by atoms with Crippen molar-refractivity contribution in [2.45, 2.75) is 6.18 Å². The first-order chi connectivity index (χ1) is 15.7. The number of hydrogen-bond acceptors (Lipinski definition) is 5. The van der Waals surface area contributed by atoms with Crippen LogP contribution in [0.15, 0.2) is 54.7 Å². The number of carbonyl (C=O) groups excluding carboxylic acids is 1. The van der Waals surface area contributed by atoms with E-state index in [0.717, 1.165) is 6.07 Å². The maximum absolute atomic E-state index is 13.5. The summed E-state index contributed by atoms with van der Waals surface area (Å²) in [6.07, 6.45) is -3.24. The zero-order valence-corrected chi connectivity index (χ0v) is 18.7. The second-order valence-electron chi connectivity index (χ2n) is 6.66. The third kappa shape index (κ3) is 6.50. The molecule has 0 unspecified atom stereocenters. The summed E-state index contributed by atoms with van der Waals surface area (Å²) in [6, 6.07) is 11.2. The molecule has 2 N–H and O–H groups in total. The average molecular weight is 500 g/mol. The molecule has 0 saturated carbocycles. The van der Waals surface area contributed by atoms with E-state index in [1.54, 1.807) is 6.07 Å². The summed E-state index contributed by atoms with van der Waals surface area (Å²) in [6.45, 7) is 0.129. The molecule has 0 fully saturated rings. The van der Waals surface area contributed by atoms with Gasteiger partial charge >= 0.3 is 6.18 Å². The van der Waals surface area contributed by atoms with Gasteiger partial charge in [-0.3, -0.25) is 4.79 Å². The SMILES string of the molecule is COCCOc1ccc(Nc2cc(NC(=O)c3c(Cl)cccc3Cl)ccn2)cc1C(F)(F)F. The molecule has 174 valence electrons. The van der Waals surface area contributed by atoms with E-state index in [-0.39, 0.29) is 46.1 Å². The van der Waals surface area contributed by atoms with Crippen LogP contribution in [-0.2, 0) is 10.9 Å². The Morgan fingerprint density at radius 2 is 1.76 bits per heavy atom. The van der Waals surface area contributed by atoms with E-state index in [4.69, 9.17) is 32.7 Å². The lowest BCUT2D eigenvalue weighted by atomic mass is 10.1. The van der Waals surface area contributed by atoms with E-state index >= 15 is 0 Å². The van der Waals surface area contributed by atoms with Crippen LogP contribution in [0, 0.1) is 0 Å². The summed E-state index contributed by atoms with van der Waals surface area (Å²) in [4.78, 5) is 16.6. The zero-order valence-electron chi connectivity index (χ0n) is 17.2. The molecule has 11 heteroatoms. The Kier molecular flexibility index (Phi) is 8.01. The Morgan fingerprint density at radius 3 is 2.42 bits per heavy atom. The topological polar surface area (TPSA) is 72.5 Å². The number of halogens is 5. The Hall–Kier alpha value is -3.01. The van der Waals surface area contributed by atoms with Crippen molar-refractivity contribution in [1.29, 1.82) is 0 Å². The minimum absolute atomic E-state index is 0.0227. The summed E-state index contributed by atoms with van der Waals surface area (Å²) in [5, 5.41) is 5.79. The van der Waals surface area contributed by atoms with Crippen LogP contribution in [0.5, 0.6) is 5.75 Å². The van der Waals surface area contributed by atoms with Gasteiger partial charge in [-0.1, -0.05) is 29.3 Å². The molecule has 0 aliphatic rings. The fourth-order valence-corrected chi connectivity index (χ4v) is 3.39. The number of ether oxygens (including phenoxy) is 2. The number of anilines is 3. The highest BCUT2D eigenvalue weighted by Crippen LogP contribution is 2.38. The molecule has 0 aliphatic carbocycles. The quantitative estimate of drug-likeness (QED) is 0.349. The highest BCUT2D eigenvalue weighted by Gasteiger charge is 2.34. The number of methoxy groups -OCH3 is 1. The maximum Gasteiger partial charge on any atom is 0.420 e. The number of alkyl halides is 3. The van der Waals surface area contributed by atoms with Crippen molar-refractivity contribution in [3.63, 3.8) is 0 Å². The molecule has 1 aromatic heterocycles. The largest absolute Gasteiger partial charge is 0.491 e. The Labute approximate surface area is 197 Å². The molecule has 2 aromatic carbocycles. The summed E-state index contributed by atoms with van der Waals surface area (Å²) in [7, 11) is 1.42. The second kappa shape index (κ2) is 10.7. The van der Waals surface area contributed by atoms with Crippen LogP contribution in [0.4, 0.5) is 30.4 Å². The summed E-state index contributed by atoms with van der Waals surface area (Å²) in [5.41, 5.74) is -0.372. The minimum atomic E-state index is -4.63. The van der Waals surface area contributed by atoms with Crippen LogP contribution >= 0.6 is 23.2 Å². The highest BCUT2D eigenvalue weighted by atomic mass is 35.5. The normalized spacial score (nSPS) is 11.2. The molecule has 0 saturated heterocycles. The Balaban J connectivity index is 1.79. The van der Waals surface area contributed by atoms with E-state index in [0.29, 0.717) is 5.69 Å². The third-order valence-corrected chi connectivity index (χ3v) is 4.94. The van der Waals surface area contributed by atoms with E-state index in [1.807, 2.05) is 0 Å². The number of amides is 1. The molecule has 0 aliphatic heterocycles. The van der Waals surface area contributed by atoms with Crippen molar-refractivity contribution < 1.29 is 27.4 Å². The number of hydrogen-bond donors (Lipinski definition) is 2. The van der Waals surface area contributed by atoms with Crippen molar-refractivity contribution in [3.8, 4) is 5.75 Å². The number of carbonyl (C=O) groups is 1. The van der Waals surface area contributed by atoms with E-state index < -0.39 is 17.6 Å². The minimum Gasteiger partial charge on any atom is -0.491 e. The van der Waals surface area contributed by atoms with Gasteiger partial charge in [0.1, 0.15) is 18.2 Å². The van der Waals surface area contributed by atoms with Crippen molar-refractivity contribution in [2.75, 3.05) is 31.0 Å². The van der Waals surface area contributed by atoms with Gasteiger partial charge in [0.15, 0.2) is 0 Å². The van der Waals surface area contributed by atoms with Crippen LogP contribution in [0.2, 0.25) is 10.0 Å². The first kappa shape index (κ1) is 24.6. The molecule has 6 nitrogen and oxygen atoms in total. The predicted octanol–water partition coefficient (Wildman–Crippen LogP) is 6.43. The molecule has 0 bridgehead atoms. The number of nitrogens with zero attached hydrogens (tertiary/aromatic N) is 1. The van der Waals surface area contributed by atoms with Crippen LogP contribution < -0.4 is 15.4 Å². The smallest absolute Gasteiger partial charge is 0.420 e. The van der Waals surface area contributed by atoms with Crippen LogP contribution in [0.25, 0.3) is 0 Å². The van der Waals surface area contributed by atoms with Gasteiger partial charge in [0.25, 0.3) is 5.91 Å². The molecular weight excluding hydrogens is 482 g/mol. The highest BCUT2D eigenvalue weighted by molar-refractivity contribution is 6.40. The number of rotatable bonds is 8. The molecule has 0 spiro atoms.